The maximum absolute atomic E-state index is 11.4. The lowest BCUT2D eigenvalue weighted by Crippen LogP contribution is -2.39. The molecule has 1 saturated heterocycles. The van der Waals surface area contributed by atoms with E-state index in [9.17, 15) is 4.79 Å². The summed E-state index contributed by atoms with van der Waals surface area (Å²) in [6, 6.07) is 0. The fourth-order valence-electron chi connectivity index (χ4n) is 1.42. The first-order valence-electron chi connectivity index (χ1n) is 5.65. The number of carbonyl (C=O) groups is 1. The fraction of sp³-hybridized carbons (Fsp3) is 0.727. The van der Waals surface area contributed by atoms with Gasteiger partial charge in [-0.15, -0.1) is 5.92 Å². The first-order chi connectivity index (χ1) is 7.76. The van der Waals surface area contributed by atoms with Gasteiger partial charge < -0.3 is 10.2 Å². The van der Waals surface area contributed by atoms with Crippen LogP contribution in [-0.4, -0.2) is 30.9 Å². The monoisotopic (exact) mass is 225 g/mol. The molecule has 1 heterocycles. The predicted octanol–water partition coefficient (Wildman–Crippen LogP) is 0.887. The molecule has 16 heavy (non-hydrogen) atoms. The van der Waals surface area contributed by atoms with Crippen molar-refractivity contribution in [2.75, 3.05) is 19.6 Å². The van der Waals surface area contributed by atoms with E-state index in [0.717, 1.165) is 25.9 Å². The van der Waals surface area contributed by atoms with E-state index in [0.29, 0.717) is 6.54 Å². The van der Waals surface area contributed by atoms with E-state index < -0.39 is 6.09 Å². The van der Waals surface area contributed by atoms with Gasteiger partial charge in [0.2, 0.25) is 0 Å². The van der Waals surface area contributed by atoms with Crippen molar-refractivity contribution in [3.8, 4) is 11.8 Å². The van der Waals surface area contributed by atoms with Crippen molar-refractivity contribution in [1.29, 1.82) is 0 Å². The van der Waals surface area contributed by atoms with E-state index in [1.807, 2.05) is 6.92 Å². The van der Waals surface area contributed by atoms with Gasteiger partial charge in [0.15, 0.2) is 0 Å². The minimum atomic E-state index is -0.425. The van der Waals surface area contributed by atoms with Crippen molar-refractivity contribution in [2.45, 2.75) is 26.7 Å². The van der Waals surface area contributed by atoms with Gasteiger partial charge in [0.1, 0.15) is 0 Å². The van der Waals surface area contributed by atoms with Crippen molar-refractivity contribution in [3.63, 3.8) is 0 Å². The summed E-state index contributed by atoms with van der Waals surface area (Å²) in [6.45, 7) is 5.97. The molecule has 5 nitrogen and oxygen atoms in total. The second-order valence-corrected chi connectivity index (χ2v) is 3.62. The highest BCUT2D eigenvalue weighted by molar-refractivity contribution is 5.66. The molecule has 0 aliphatic carbocycles. The number of rotatable bonds is 4. The van der Waals surface area contributed by atoms with E-state index in [2.05, 4.69) is 22.6 Å². The van der Waals surface area contributed by atoms with Gasteiger partial charge in [-0.3, -0.25) is 0 Å². The Hall–Kier alpha value is -1.25. The maximum Gasteiger partial charge on any atom is 0.427 e. The lowest BCUT2D eigenvalue weighted by Gasteiger charge is -2.15. The van der Waals surface area contributed by atoms with Crippen molar-refractivity contribution < 1.29 is 9.63 Å². The molecule has 5 heteroatoms. The zero-order valence-electron chi connectivity index (χ0n) is 9.88. The lowest BCUT2D eigenvalue weighted by molar-refractivity contribution is -0.118. The second-order valence-electron chi connectivity index (χ2n) is 3.62. The second kappa shape index (κ2) is 7.09. The van der Waals surface area contributed by atoms with Crippen LogP contribution in [0.5, 0.6) is 0 Å². The Morgan fingerprint density at radius 2 is 2.50 bits per heavy atom. The van der Waals surface area contributed by atoms with Gasteiger partial charge in [-0.25, -0.2) is 10.2 Å². The van der Waals surface area contributed by atoms with E-state index in [4.69, 9.17) is 4.84 Å². The van der Waals surface area contributed by atoms with Crippen LogP contribution in [-0.2, 0) is 4.84 Å². The third-order valence-electron chi connectivity index (χ3n) is 2.35. The van der Waals surface area contributed by atoms with Gasteiger partial charge in [0.05, 0.1) is 6.54 Å². The van der Waals surface area contributed by atoms with E-state index >= 15 is 0 Å². The highest BCUT2D eigenvalue weighted by Crippen LogP contribution is 2.00. The first-order valence-corrected chi connectivity index (χ1v) is 5.65. The molecule has 0 spiro atoms. The number of hydrazine groups is 1. The zero-order valence-corrected chi connectivity index (χ0v) is 9.88. The minimum absolute atomic E-state index is 0.198. The Morgan fingerprint density at radius 3 is 3.06 bits per heavy atom. The van der Waals surface area contributed by atoms with Crippen LogP contribution in [0, 0.1) is 17.8 Å². The molecule has 0 bridgehead atoms. The van der Waals surface area contributed by atoms with Crippen molar-refractivity contribution in [1.82, 2.24) is 15.9 Å². The van der Waals surface area contributed by atoms with Gasteiger partial charge in [0.25, 0.3) is 0 Å². The summed E-state index contributed by atoms with van der Waals surface area (Å²) in [7, 11) is 0. The Balaban J connectivity index is 2.19. The highest BCUT2D eigenvalue weighted by Gasteiger charge is 2.16. The van der Waals surface area contributed by atoms with Crippen LogP contribution in [0.1, 0.15) is 26.7 Å². The van der Waals surface area contributed by atoms with E-state index in [1.54, 1.807) is 6.92 Å². The molecule has 1 rings (SSSR count). The molecule has 0 aromatic rings. The van der Waals surface area contributed by atoms with Crippen LogP contribution in [0.4, 0.5) is 4.79 Å². The molecule has 1 unspecified atom stereocenters. The molecule has 1 aliphatic rings. The average molecular weight is 225 g/mol. The molecular weight excluding hydrogens is 206 g/mol. The van der Waals surface area contributed by atoms with Crippen LogP contribution in [0.15, 0.2) is 0 Å². The fourth-order valence-corrected chi connectivity index (χ4v) is 1.42. The molecule has 0 saturated carbocycles. The molecular formula is C11H19N3O2. The zero-order chi connectivity index (χ0) is 11.8. The number of nitrogens with zero attached hydrogens (tertiary/aromatic N) is 1. The predicted molar refractivity (Wildman–Crippen MR) is 61.0 cm³/mol. The number of nitrogens with one attached hydrogen (secondary N) is 2. The number of hydrogen-bond donors (Lipinski definition) is 2. The number of hydrogen-bond acceptors (Lipinski definition) is 4. The van der Waals surface area contributed by atoms with Crippen molar-refractivity contribution >= 4 is 6.09 Å². The summed E-state index contributed by atoms with van der Waals surface area (Å²) < 4.78 is 0. The minimum Gasteiger partial charge on any atom is -0.335 e. The highest BCUT2D eigenvalue weighted by atomic mass is 16.7. The number of carbonyl (C=O) groups excluding carboxylic acids is 1. The van der Waals surface area contributed by atoms with Gasteiger partial charge >= 0.3 is 6.09 Å². The Kier molecular flexibility index (Phi) is 5.68. The van der Waals surface area contributed by atoms with Crippen LogP contribution in [0.25, 0.3) is 0 Å². The molecule has 1 atom stereocenters. The first kappa shape index (κ1) is 12.8. The maximum atomic E-state index is 11.4. The summed E-state index contributed by atoms with van der Waals surface area (Å²) in [5.74, 6) is 6.08. The Morgan fingerprint density at radius 1 is 1.69 bits per heavy atom. The molecule has 1 aliphatic heterocycles. The summed E-state index contributed by atoms with van der Waals surface area (Å²) in [5.41, 5.74) is 2.94. The van der Waals surface area contributed by atoms with E-state index in [-0.39, 0.29) is 5.92 Å². The topological polar surface area (TPSA) is 53.6 Å². The standard InChI is InChI=1S/C11H19N3O2/c1-3-6-10(4-2)9-12-11(15)16-14-8-5-7-13-14/h10,13H,4-5,7-9H2,1-2H3,(H,12,15). The van der Waals surface area contributed by atoms with Crippen molar-refractivity contribution in [3.05, 3.63) is 0 Å². The quantitative estimate of drug-likeness (QED) is 0.698. The molecule has 0 aromatic carbocycles. The van der Waals surface area contributed by atoms with Gasteiger partial charge in [0, 0.05) is 19.0 Å². The molecule has 2 N–H and O–H groups in total. The van der Waals surface area contributed by atoms with Crippen molar-refractivity contribution in [2.24, 2.45) is 5.92 Å². The smallest absolute Gasteiger partial charge is 0.335 e. The lowest BCUT2D eigenvalue weighted by atomic mass is 10.1. The Labute approximate surface area is 96.4 Å². The van der Waals surface area contributed by atoms with Gasteiger partial charge in [-0.1, -0.05) is 18.0 Å². The van der Waals surface area contributed by atoms with Crippen LogP contribution >= 0.6 is 0 Å². The van der Waals surface area contributed by atoms with Gasteiger partial charge in [-0.2, -0.15) is 0 Å². The molecule has 0 aromatic heterocycles. The SMILES string of the molecule is CC#CC(CC)CNC(=O)ON1CCCN1. The molecule has 0 radical (unpaired) electrons. The molecule has 1 amide bonds. The summed E-state index contributed by atoms with van der Waals surface area (Å²) in [5, 5.41) is 4.16. The number of hydroxylamine groups is 1. The third kappa shape index (κ3) is 4.51. The Bertz CT molecular complexity index is 277. The molecule has 1 fully saturated rings. The summed E-state index contributed by atoms with van der Waals surface area (Å²) in [6.07, 6.45) is 1.49. The van der Waals surface area contributed by atoms with Gasteiger partial charge in [-0.05, 0) is 19.8 Å². The largest absolute Gasteiger partial charge is 0.427 e. The van der Waals surface area contributed by atoms with Crippen LogP contribution < -0.4 is 10.7 Å². The average Bonchev–Trinajstić information content (AvgIpc) is 2.76. The number of amides is 1. The normalized spacial score (nSPS) is 17.4. The summed E-state index contributed by atoms with van der Waals surface area (Å²) in [4.78, 5) is 16.4. The third-order valence-corrected chi connectivity index (χ3v) is 2.35. The van der Waals surface area contributed by atoms with E-state index in [1.165, 1.54) is 5.17 Å². The van der Waals surface area contributed by atoms with Crippen LogP contribution in [0.3, 0.4) is 0 Å². The summed E-state index contributed by atoms with van der Waals surface area (Å²) >= 11 is 0. The molecule has 90 valence electrons. The van der Waals surface area contributed by atoms with Crippen LogP contribution in [0.2, 0.25) is 0 Å².